The number of benzene rings is 1. The zero-order chi connectivity index (χ0) is 15.4. The number of aromatic nitrogens is 2. The molecule has 1 aliphatic heterocycles. The molecular weight excluding hydrogens is 276 g/mol. The molecule has 0 unspecified atom stereocenters. The molecule has 1 saturated heterocycles. The summed E-state index contributed by atoms with van der Waals surface area (Å²) in [4.78, 5) is 22.9. The molecule has 1 aromatic heterocycles. The van der Waals surface area contributed by atoms with E-state index in [-0.39, 0.29) is 5.91 Å². The third kappa shape index (κ3) is 3.24. The Hall–Kier alpha value is -2.43. The smallest absolute Gasteiger partial charge is 0.272 e. The van der Waals surface area contributed by atoms with E-state index < -0.39 is 0 Å². The van der Waals surface area contributed by atoms with Crippen LogP contribution >= 0.6 is 0 Å². The molecule has 1 fully saturated rings. The SMILES string of the molecule is Cc1ccccc1Nc1nccc(C(=O)N2CCCCC2)n1. The summed E-state index contributed by atoms with van der Waals surface area (Å²) in [5, 5.41) is 3.18. The highest BCUT2D eigenvalue weighted by Crippen LogP contribution is 2.18. The fourth-order valence-corrected chi connectivity index (χ4v) is 2.63. The number of carbonyl (C=O) groups excluding carboxylic acids is 1. The van der Waals surface area contributed by atoms with Crippen molar-refractivity contribution in [3.05, 3.63) is 47.8 Å². The zero-order valence-electron chi connectivity index (χ0n) is 12.7. The summed E-state index contributed by atoms with van der Waals surface area (Å²) in [5.74, 6) is 0.451. The van der Waals surface area contributed by atoms with Gasteiger partial charge in [-0.1, -0.05) is 18.2 Å². The molecule has 114 valence electrons. The summed E-state index contributed by atoms with van der Waals surface area (Å²) in [6, 6.07) is 9.61. The molecule has 2 heterocycles. The van der Waals surface area contributed by atoms with E-state index in [4.69, 9.17) is 0 Å². The van der Waals surface area contributed by atoms with Gasteiger partial charge >= 0.3 is 0 Å². The van der Waals surface area contributed by atoms with Gasteiger partial charge in [0.05, 0.1) is 0 Å². The third-order valence-corrected chi connectivity index (χ3v) is 3.91. The molecule has 0 saturated carbocycles. The Morgan fingerprint density at radius 1 is 1.14 bits per heavy atom. The van der Waals surface area contributed by atoms with E-state index >= 15 is 0 Å². The number of para-hydroxylation sites is 1. The molecule has 0 bridgehead atoms. The molecule has 3 rings (SSSR count). The van der Waals surface area contributed by atoms with E-state index in [1.165, 1.54) is 6.42 Å². The minimum atomic E-state index is -0.00469. The van der Waals surface area contributed by atoms with Crippen molar-refractivity contribution in [2.24, 2.45) is 0 Å². The van der Waals surface area contributed by atoms with Gasteiger partial charge in [0, 0.05) is 25.0 Å². The maximum Gasteiger partial charge on any atom is 0.272 e. The topological polar surface area (TPSA) is 58.1 Å². The van der Waals surface area contributed by atoms with E-state index in [1.807, 2.05) is 36.1 Å². The summed E-state index contributed by atoms with van der Waals surface area (Å²) in [6.45, 7) is 3.66. The number of piperidine rings is 1. The average Bonchev–Trinajstić information content (AvgIpc) is 2.57. The molecule has 2 aromatic rings. The zero-order valence-corrected chi connectivity index (χ0v) is 12.7. The molecule has 1 amide bonds. The van der Waals surface area contributed by atoms with E-state index in [0.29, 0.717) is 11.6 Å². The highest BCUT2D eigenvalue weighted by Gasteiger charge is 2.19. The first kappa shape index (κ1) is 14.5. The first-order valence-electron chi connectivity index (χ1n) is 7.69. The number of rotatable bonds is 3. The van der Waals surface area contributed by atoms with Crippen molar-refractivity contribution >= 4 is 17.5 Å². The molecule has 1 N–H and O–H groups in total. The maximum atomic E-state index is 12.5. The van der Waals surface area contributed by atoms with Crippen molar-refractivity contribution in [2.75, 3.05) is 18.4 Å². The van der Waals surface area contributed by atoms with Gasteiger partial charge in [-0.25, -0.2) is 9.97 Å². The number of aryl methyl sites for hydroxylation is 1. The van der Waals surface area contributed by atoms with E-state index in [9.17, 15) is 4.79 Å². The molecule has 1 aliphatic rings. The predicted molar refractivity (Wildman–Crippen MR) is 86.2 cm³/mol. The van der Waals surface area contributed by atoms with Crippen LogP contribution in [0.3, 0.4) is 0 Å². The van der Waals surface area contributed by atoms with Crippen molar-refractivity contribution in [1.82, 2.24) is 14.9 Å². The number of hydrogen-bond acceptors (Lipinski definition) is 4. The van der Waals surface area contributed by atoms with Gasteiger partial charge in [-0.05, 0) is 43.9 Å². The van der Waals surface area contributed by atoms with Gasteiger partial charge in [0.25, 0.3) is 5.91 Å². The number of carbonyl (C=O) groups is 1. The Kier molecular flexibility index (Phi) is 4.32. The summed E-state index contributed by atoms with van der Waals surface area (Å²) in [5.41, 5.74) is 2.51. The van der Waals surface area contributed by atoms with Gasteiger partial charge in [0.2, 0.25) is 5.95 Å². The van der Waals surface area contributed by atoms with Crippen molar-refractivity contribution in [2.45, 2.75) is 26.2 Å². The van der Waals surface area contributed by atoms with Crippen molar-refractivity contribution in [1.29, 1.82) is 0 Å². The van der Waals surface area contributed by atoms with E-state index in [0.717, 1.165) is 37.2 Å². The Morgan fingerprint density at radius 3 is 2.68 bits per heavy atom. The molecule has 0 spiro atoms. The van der Waals surface area contributed by atoms with Gasteiger partial charge in [0.1, 0.15) is 5.69 Å². The second-order valence-electron chi connectivity index (χ2n) is 5.56. The van der Waals surface area contributed by atoms with Crippen LogP contribution in [0.5, 0.6) is 0 Å². The van der Waals surface area contributed by atoms with E-state index in [1.54, 1.807) is 12.3 Å². The molecule has 0 aliphatic carbocycles. The summed E-state index contributed by atoms with van der Waals surface area (Å²) >= 11 is 0. The largest absolute Gasteiger partial charge is 0.337 e. The number of hydrogen-bond donors (Lipinski definition) is 1. The Balaban J connectivity index is 1.77. The fraction of sp³-hybridized carbons (Fsp3) is 0.353. The van der Waals surface area contributed by atoms with Crippen molar-refractivity contribution in [3.63, 3.8) is 0 Å². The second-order valence-corrected chi connectivity index (χ2v) is 5.56. The van der Waals surface area contributed by atoms with E-state index in [2.05, 4.69) is 15.3 Å². The summed E-state index contributed by atoms with van der Waals surface area (Å²) in [6.07, 6.45) is 4.98. The van der Waals surface area contributed by atoms with Gasteiger partial charge in [0.15, 0.2) is 0 Å². The molecule has 5 heteroatoms. The Labute approximate surface area is 130 Å². The molecule has 22 heavy (non-hydrogen) atoms. The lowest BCUT2D eigenvalue weighted by atomic mass is 10.1. The lowest BCUT2D eigenvalue weighted by molar-refractivity contribution is 0.0718. The highest BCUT2D eigenvalue weighted by molar-refractivity contribution is 5.92. The first-order chi connectivity index (χ1) is 10.7. The normalized spacial score (nSPS) is 14.7. The summed E-state index contributed by atoms with van der Waals surface area (Å²) in [7, 11) is 0. The van der Waals surface area contributed by atoms with Crippen LogP contribution in [0, 0.1) is 6.92 Å². The van der Waals surface area contributed by atoms with Crippen LogP contribution in [0.2, 0.25) is 0 Å². The van der Waals surface area contributed by atoms with Crippen LogP contribution in [0.25, 0.3) is 0 Å². The summed E-state index contributed by atoms with van der Waals surface area (Å²) < 4.78 is 0. The van der Waals surface area contributed by atoms with Crippen LogP contribution in [0.1, 0.15) is 35.3 Å². The highest BCUT2D eigenvalue weighted by atomic mass is 16.2. The number of nitrogens with one attached hydrogen (secondary N) is 1. The van der Waals surface area contributed by atoms with Gasteiger partial charge in [-0.2, -0.15) is 0 Å². The quantitative estimate of drug-likeness (QED) is 0.945. The molecular formula is C17H20N4O. The standard InChI is InChI=1S/C17H20N4O/c1-13-7-3-4-8-14(13)19-17-18-10-9-15(20-17)16(22)21-11-5-2-6-12-21/h3-4,7-10H,2,5-6,11-12H2,1H3,(H,18,19,20). The van der Waals surface area contributed by atoms with Gasteiger partial charge < -0.3 is 10.2 Å². The van der Waals surface area contributed by atoms with Crippen molar-refractivity contribution in [3.8, 4) is 0 Å². The lowest BCUT2D eigenvalue weighted by Gasteiger charge is -2.26. The van der Waals surface area contributed by atoms with Gasteiger partial charge in [-0.15, -0.1) is 0 Å². The van der Waals surface area contributed by atoms with Crippen LogP contribution in [0.15, 0.2) is 36.5 Å². The number of likely N-dealkylation sites (tertiary alicyclic amines) is 1. The number of amides is 1. The molecule has 5 nitrogen and oxygen atoms in total. The van der Waals surface area contributed by atoms with Crippen LogP contribution in [-0.4, -0.2) is 33.9 Å². The Bertz CT molecular complexity index is 665. The average molecular weight is 296 g/mol. The maximum absolute atomic E-state index is 12.5. The minimum Gasteiger partial charge on any atom is -0.337 e. The molecule has 1 aromatic carbocycles. The molecule has 0 atom stereocenters. The van der Waals surface area contributed by atoms with Crippen LogP contribution < -0.4 is 5.32 Å². The van der Waals surface area contributed by atoms with Crippen LogP contribution in [0.4, 0.5) is 11.6 Å². The fourth-order valence-electron chi connectivity index (χ4n) is 2.63. The number of nitrogens with zero attached hydrogens (tertiary/aromatic N) is 3. The number of anilines is 2. The second kappa shape index (κ2) is 6.56. The third-order valence-electron chi connectivity index (χ3n) is 3.91. The lowest BCUT2D eigenvalue weighted by Crippen LogP contribution is -2.36. The Morgan fingerprint density at radius 2 is 1.91 bits per heavy atom. The van der Waals surface area contributed by atoms with Crippen molar-refractivity contribution < 1.29 is 4.79 Å². The first-order valence-corrected chi connectivity index (χ1v) is 7.69. The minimum absolute atomic E-state index is 0.00469. The van der Waals surface area contributed by atoms with Gasteiger partial charge in [-0.3, -0.25) is 4.79 Å². The van der Waals surface area contributed by atoms with Crippen LogP contribution in [-0.2, 0) is 0 Å². The predicted octanol–water partition coefficient (Wildman–Crippen LogP) is 3.15. The molecule has 0 radical (unpaired) electrons. The monoisotopic (exact) mass is 296 g/mol.